The third-order valence-electron chi connectivity index (χ3n) is 6.18. The van der Waals surface area contributed by atoms with Crippen LogP contribution in [0, 0.1) is 0 Å². The SMILES string of the molecule is O=C1CCC(N2Cc3cccc(CN4C[C@@H]5C[C@H]4CN5)c3C2=O)C(=O)N1. The standard InChI is InChI=1S/C19H22N4O3/c24-16-5-4-15(18(25)21-16)23-9-12-3-1-2-11(17(12)19(23)26)8-22-10-13-6-14(22)7-20-13/h1-3,13-15,20H,4-10H2,(H,21,24,25)/t13-,14-,15?/m0/s1. The number of piperazine rings is 1. The molecule has 0 saturated carbocycles. The molecular formula is C19H22N4O3. The normalized spacial score (nSPS) is 30.8. The number of nitrogens with zero attached hydrogens (tertiary/aromatic N) is 2. The van der Waals surface area contributed by atoms with Crippen LogP contribution >= 0.6 is 0 Å². The first-order valence-electron chi connectivity index (χ1n) is 9.33. The molecule has 0 spiro atoms. The number of likely N-dealkylation sites (tertiary alicyclic amines) is 1. The minimum Gasteiger partial charge on any atom is -0.322 e. The molecule has 3 amide bonds. The lowest BCUT2D eigenvalue weighted by atomic mass is 10.0. The third kappa shape index (κ3) is 2.46. The number of hydrogen-bond acceptors (Lipinski definition) is 5. The molecule has 7 heteroatoms. The van der Waals surface area contributed by atoms with Crippen molar-refractivity contribution in [1.82, 2.24) is 20.4 Å². The predicted molar refractivity (Wildman–Crippen MR) is 93.1 cm³/mol. The molecule has 4 heterocycles. The summed E-state index contributed by atoms with van der Waals surface area (Å²) in [6.45, 7) is 3.28. The van der Waals surface area contributed by atoms with Gasteiger partial charge in [0, 0.05) is 50.2 Å². The first kappa shape index (κ1) is 16.0. The smallest absolute Gasteiger partial charge is 0.255 e. The van der Waals surface area contributed by atoms with E-state index >= 15 is 0 Å². The van der Waals surface area contributed by atoms with Gasteiger partial charge < -0.3 is 10.2 Å². The average Bonchev–Trinajstić information content (AvgIpc) is 3.30. The fourth-order valence-corrected chi connectivity index (χ4v) is 4.88. The van der Waals surface area contributed by atoms with Crippen LogP contribution < -0.4 is 10.6 Å². The van der Waals surface area contributed by atoms with E-state index in [1.165, 1.54) is 6.42 Å². The van der Waals surface area contributed by atoms with E-state index in [2.05, 4.69) is 15.5 Å². The van der Waals surface area contributed by atoms with E-state index in [0.29, 0.717) is 25.0 Å². The number of carbonyl (C=O) groups excluding carboxylic acids is 3. The molecule has 3 atom stereocenters. The monoisotopic (exact) mass is 354 g/mol. The highest BCUT2D eigenvalue weighted by atomic mass is 16.2. The van der Waals surface area contributed by atoms with Crippen molar-refractivity contribution in [2.24, 2.45) is 0 Å². The minimum absolute atomic E-state index is 0.0763. The molecule has 1 aromatic carbocycles. The van der Waals surface area contributed by atoms with Crippen molar-refractivity contribution < 1.29 is 14.4 Å². The Morgan fingerprint density at radius 1 is 1.19 bits per heavy atom. The van der Waals surface area contributed by atoms with Crippen LogP contribution in [-0.2, 0) is 22.7 Å². The summed E-state index contributed by atoms with van der Waals surface area (Å²) >= 11 is 0. The van der Waals surface area contributed by atoms with Crippen LogP contribution in [0.5, 0.6) is 0 Å². The Labute approximate surface area is 151 Å². The van der Waals surface area contributed by atoms with Crippen LogP contribution in [0.2, 0.25) is 0 Å². The number of amides is 3. The van der Waals surface area contributed by atoms with E-state index in [0.717, 1.165) is 36.3 Å². The number of fused-ring (bicyclic) bond motifs is 3. The van der Waals surface area contributed by atoms with Crippen LogP contribution in [0.4, 0.5) is 0 Å². The quantitative estimate of drug-likeness (QED) is 0.747. The van der Waals surface area contributed by atoms with Crippen LogP contribution in [-0.4, -0.2) is 58.7 Å². The first-order valence-corrected chi connectivity index (χ1v) is 9.33. The second-order valence-electron chi connectivity index (χ2n) is 7.78. The van der Waals surface area contributed by atoms with Gasteiger partial charge in [-0.05, 0) is 24.0 Å². The largest absolute Gasteiger partial charge is 0.322 e. The van der Waals surface area contributed by atoms with Crippen LogP contribution in [0.25, 0.3) is 0 Å². The highest BCUT2D eigenvalue weighted by Crippen LogP contribution is 2.32. The molecule has 3 saturated heterocycles. The molecule has 0 aromatic heterocycles. The van der Waals surface area contributed by atoms with Gasteiger partial charge in [0.1, 0.15) is 6.04 Å². The van der Waals surface area contributed by atoms with Gasteiger partial charge in [0.2, 0.25) is 11.8 Å². The molecule has 0 aliphatic carbocycles. The van der Waals surface area contributed by atoms with E-state index in [1.54, 1.807) is 4.90 Å². The molecule has 4 aliphatic heterocycles. The highest BCUT2D eigenvalue weighted by Gasteiger charge is 2.41. The molecule has 1 unspecified atom stereocenters. The summed E-state index contributed by atoms with van der Waals surface area (Å²) in [7, 11) is 0. The lowest BCUT2D eigenvalue weighted by molar-refractivity contribution is -0.136. The number of piperidine rings is 1. The Hall–Kier alpha value is -2.25. The van der Waals surface area contributed by atoms with E-state index in [-0.39, 0.29) is 24.1 Å². The minimum atomic E-state index is -0.549. The molecule has 3 fully saturated rings. The maximum absolute atomic E-state index is 13.1. The lowest BCUT2D eigenvalue weighted by Crippen LogP contribution is -2.52. The number of imide groups is 1. The van der Waals surface area contributed by atoms with Crippen LogP contribution in [0.15, 0.2) is 18.2 Å². The summed E-state index contributed by atoms with van der Waals surface area (Å²) in [4.78, 5) is 40.8. The fourth-order valence-electron chi connectivity index (χ4n) is 4.88. The molecule has 2 bridgehead atoms. The Kier molecular flexibility index (Phi) is 3.62. The Morgan fingerprint density at radius 2 is 2.08 bits per heavy atom. The van der Waals surface area contributed by atoms with Crippen molar-refractivity contribution in [3.63, 3.8) is 0 Å². The topological polar surface area (TPSA) is 81.8 Å². The van der Waals surface area contributed by atoms with Crippen molar-refractivity contribution in [3.05, 3.63) is 34.9 Å². The molecule has 2 N–H and O–H groups in total. The maximum Gasteiger partial charge on any atom is 0.255 e. The maximum atomic E-state index is 13.1. The van der Waals surface area contributed by atoms with Crippen molar-refractivity contribution in [2.45, 2.75) is 50.5 Å². The molecule has 7 nitrogen and oxygen atoms in total. The number of nitrogens with one attached hydrogen (secondary N) is 2. The number of hydrogen-bond donors (Lipinski definition) is 2. The summed E-state index contributed by atoms with van der Waals surface area (Å²) in [6.07, 6.45) is 1.87. The van der Waals surface area contributed by atoms with Crippen LogP contribution in [0.1, 0.15) is 40.7 Å². The molecular weight excluding hydrogens is 332 g/mol. The summed E-state index contributed by atoms with van der Waals surface area (Å²) in [5.41, 5.74) is 2.79. The fraction of sp³-hybridized carbons (Fsp3) is 0.526. The zero-order chi connectivity index (χ0) is 17.8. The van der Waals surface area contributed by atoms with Crippen molar-refractivity contribution in [1.29, 1.82) is 0 Å². The first-order chi connectivity index (χ1) is 12.6. The number of carbonyl (C=O) groups is 3. The highest BCUT2D eigenvalue weighted by molar-refractivity contribution is 6.05. The second-order valence-corrected chi connectivity index (χ2v) is 7.78. The zero-order valence-electron chi connectivity index (χ0n) is 14.5. The lowest BCUT2D eigenvalue weighted by Gasteiger charge is -2.29. The van der Waals surface area contributed by atoms with Gasteiger partial charge in [-0.15, -0.1) is 0 Å². The van der Waals surface area contributed by atoms with Gasteiger partial charge in [-0.3, -0.25) is 24.6 Å². The molecule has 136 valence electrons. The third-order valence-corrected chi connectivity index (χ3v) is 6.18. The van der Waals surface area contributed by atoms with E-state index < -0.39 is 6.04 Å². The Balaban J connectivity index is 1.39. The molecule has 5 rings (SSSR count). The predicted octanol–water partition coefficient (Wildman–Crippen LogP) is -0.00630. The van der Waals surface area contributed by atoms with Gasteiger partial charge in [-0.1, -0.05) is 18.2 Å². The van der Waals surface area contributed by atoms with Crippen molar-refractivity contribution in [2.75, 3.05) is 13.1 Å². The second kappa shape index (κ2) is 5.89. The van der Waals surface area contributed by atoms with Gasteiger partial charge in [0.15, 0.2) is 0 Å². The summed E-state index contributed by atoms with van der Waals surface area (Å²) in [6, 6.07) is 6.59. The van der Waals surface area contributed by atoms with Crippen molar-refractivity contribution in [3.8, 4) is 0 Å². The zero-order valence-corrected chi connectivity index (χ0v) is 14.5. The van der Waals surface area contributed by atoms with Gasteiger partial charge in [0.05, 0.1) is 0 Å². The molecule has 26 heavy (non-hydrogen) atoms. The summed E-state index contributed by atoms with van der Waals surface area (Å²) < 4.78 is 0. The number of rotatable bonds is 3. The summed E-state index contributed by atoms with van der Waals surface area (Å²) in [5, 5.41) is 5.86. The Morgan fingerprint density at radius 3 is 2.81 bits per heavy atom. The van der Waals surface area contributed by atoms with Crippen molar-refractivity contribution >= 4 is 17.7 Å². The number of benzene rings is 1. The van der Waals surface area contributed by atoms with E-state index in [9.17, 15) is 14.4 Å². The molecule has 0 radical (unpaired) electrons. The van der Waals surface area contributed by atoms with Gasteiger partial charge >= 0.3 is 0 Å². The van der Waals surface area contributed by atoms with E-state index in [4.69, 9.17) is 0 Å². The van der Waals surface area contributed by atoms with Gasteiger partial charge in [0.25, 0.3) is 5.91 Å². The molecule has 1 aromatic rings. The van der Waals surface area contributed by atoms with Gasteiger partial charge in [-0.25, -0.2) is 0 Å². The average molecular weight is 354 g/mol. The summed E-state index contributed by atoms with van der Waals surface area (Å²) in [5.74, 6) is -0.687. The Bertz CT molecular complexity index is 808. The van der Waals surface area contributed by atoms with E-state index in [1.807, 2.05) is 18.2 Å². The molecule has 4 aliphatic rings. The van der Waals surface area contributed by atoms with Gasteiger partial charge in [-0.2, -0.15) is 0 Å². The van der Waals surface area contributed by atoms with Crippen LogP contribution in [0.3, 0.4) is 0 Å².